The normalized spacial score (nSPS) is 12.6. The second-order valence-electron chi connectivity index (χ2n) is 5.49. The van der Waals surface area contributed by atoms with Gasteiger partial charge in [-0.15, -0.1) is 0 Å². The minimum absolute atomic E-state index is 0.0500. The van der Waals surface area contributed by atoms with E-state index in [9.17, 15) is 4.79 Å². The van der Waals surface area contributed by atoms with E-state index < -0.39 is 0 Å². The lowest BCUT2D eigenvalue weighted by Crippen LogP contribution is -2.33. The first-order chi connectivity index (χ1) is 9.97. The van der Waals surface area contributed by atoms with Gasteiger partial charge in [0.05, 0.1) is 10.8 Å². The van der Waals surface area contributed by atoms with Crippen molar-refractivity contribution in [1.29, 1.82) is 0 Å². The van der Waals surface area contributed by atoms with Gasteiger partial charge in [-0.05, 0) is 25.8 Å². The van der Waals surface area contributed by atoms with E-state index in [1.165, 1.54) is 11.8 Å². The number of carbonyl (C=O) groups excluding carboxylic acids is 1. The summed E-state index contributed by atoms with van der Waals surface area (Å²) >= 11 is 1.48. The molecule has 0 aliphatic rings. The molecule has 5 heteroatoms. The molecule has 0 radical (unpaired) electrons. The Hall–Kier alpha value is -1.62. The van der Waals surface area contributed by atoms with Gasteiger partial charge in [-0.2, -0.15) is 0 Å². The van der Waals surface area contributed by atoms with Crippen LogP contribution in [0.25, 0.3) is 10.9 Å². The van der Waals surface area contributed by atoms with Crippen molar-refractivity contribution in [1.82, 2.24) is 15.3 Å². The van der Waals surface area contributed by atoms with Crippen molar-refractivity contribution in [3.05, 3.63) is 30.1 Å². The van der Waals surface area contributed by atoms with E-state index in [2.05, 4.69) is 29.1 Å². The lowest BCUT2D eigenvalue weighted by Gasteiger charge is -2.14. The summed E-state index contributed by atoms with van der Waals surface area (Å²) < 4.78 is 0. The second-order valence-corrected chi connectivity index (χ2v) is 6.82. The van der Waals surface area contributed by atoms with E-state index in [1.54, 1.807) is 0 Å². The molecule has 0 aliphatic carbocycles. The van der Waals surface area contributed by atoms with Crippen LogP contribution in [0.2, 0.25) is 0 Å². The Morgan fingerprint density at radius 1 is 1.24 bits per heavy atom. The van der Waals surface area contributed by atoms with Crippen molar-refractivity contribution < 1.29 is 4.79 Å². The smallest absolute Gasteiger partial charge is 0.233 e. The lowest BCUT2D eigenvalue weighted by atomic mass is 10.2. The van der Waals surface area contributed by atoms with Crippen molar-refractivity contribution in [2.75, 3.05) is 6.54 Å². The summed E-state index contributed by atoms with van der Waals surface area (Å²) in [5, 5.41) is 4.65. The van der Waals surface area contributed by atoms with E-state index >= 15 is 0 Å². The molecule has 0 bridgehead atoms. The van der Waals surface area contributed by atoms with Gasteiger partial charge >= 0.3 is 0 Å². The first-order valence-electron chi connectivity index (χ1n) is 7.15. The second kappa shape index (κ2) is 6.89. The van der Waals surface area contributed by atoms with E-state index in [0.29, 0.717) is 12.5 Å². The van der Waals surface area contributed by atoms with E-state index in [1.807, 2.05) is 38.1 Å². The first-order valence-corrected chi connectivity index (χ1v) is 8.03. The molecule has 0 saturated heterocycles. The highest BCUT2D eigenvalue weighted by Crippen LogP contribution is 2.28. The quantitative estimate of drug-likeness (QED) is 0.681. The summed E-state index contributed by atoms with van der Waals surface area (Å²) in [6.07, 6.45) is 0. The predicted molar refractivity (Wildman–Crippen MR) is 87.4 cm³/mol. The fraction of sp³-hybridized carbons (Fsp3) is 0.438. The Morgan fingerprint density at radius 2 is 1.95 bits per heavy atom. The standard InChI is InChI=1S/C16H21N3OS/c1-10(2)9-17-15(20)11(3)21-16-13-7-5-6-8-14(13)18-12(4)19-16/h5-8,10-11H,9H2,1-4H3,(H,17,20)/t11-/m1/s1. The van der Waals surface area contributed by atoms with Gasteiger partial charge in [0.1, 0.15) is 10.9 Å². The number of carbonyl (C=O) groups is 1. The summed E-state index contributed by atoms with van der Waals surface area (Å²) in [7, 11) is 0. The Balaban J connectivity index is 2.17. The van der Waals surface area contributed by atoms with Crippen LogP contribution in [0.1, 0.15) is 26.6 Å². The Labute approximate surface area is 129 Å². The molecule has 1 atom stereocenters. The molecule has 112 valence electrons. The number of nitrogens with one attached hydrogen (secondary N) is 1. The first kappa shape index (κ1) is 15.8. The van der Waals surface area contributed by atoms with Crippen molar-refractivity contribution in [2.24, 2.45) is 5.92 Å². The summed E-state index contributed by atoms with van der Waals surface area (Å²) in [5.41, 5.74) is 0.919. The molecule has 4 nitrogen and oxygen atoms in total. The van der Waals surface area contributed by atoms with Crippen LogP contribution in [0, 0.1) is 12.8 Å². The van der Waals surface area contributed by atoms with Gasteiger partial charge in [0, 0.05) is 11.9 Å². The van der Waals surface area contributed by atoms with E-state index in [0.717, 1.165) is 21.8 Å². The number of aryl methyl sites for hydroxylation is 1. The highest BCUT2D eigenvalue weighted by molar-refractivity contribution is 8.00. The molecule has 2 rings (SSSR count). The van der Waals surface area contributed by atoms with Crippen LogP contribution in [0.15, 0.2) is 29.3 Å². The molecular weight excluding hydrogens is 282 g/mol. The average Bonchev–Trinajstić information content (AvgIpc) is 2.44. The molecule has 1 N–H and O–H groups in total. The maximum Gasteiger partial charge on any atom is 0.233 e. The molecule has 0 saturated carbocycles. The molecular formula is C16H21N3OS. The number of rotatable bonds is 5. The number of benzene rings is 1. The van der Waals surface area contributed by atoms with Crippen LogP contribution in [-0.4, -0.2) is 27.7 Å². The monoisotopic (exact) mass is 303 g/mol. The maximum absolute atomic E-state index is 12.1. The molecule has 0 unspecified atom stereocenters. The fourth-order valence-corrected chi connectivity index (χ4v) is 2.93. The van der Waals surface area contributed by atoms with Crippen molar-refractivity contribution in [2.45, 2.75) is 38.0 Å². The Morgan fingerprint density at radius 3 is 2.67 bits per heavy atom. The number of amides is 1. The van der Waals surface area contributed by atoms with Crippen LogP contribution in [0.5, 0.6) is 0 Å². The highest BCUT2D eigenvalue weighted by atomic mass is 32.2. The molecule has 21 heavy (non-hydrogen) atoms. The zero-order valence-electron chi connectivity index (χ0n) is 12.9. The topological polar surface area (TPSA) is 54.9 Å². The van der Waals surface area contributed by atoms with Gasteiger partial charge in [0.2, 0.25) is 5.91 Å². The third kappa shape index (κ3) is 4.17. The molecule has 1 aromatic carbocycles. The van der Waals surface area contributed by atoms with Gasteiger partial charge in [0.25, 0.3) is 0 Å². The number of hydrogen-bond donors (Lipinski definition) is 1. The predicted octanol–water partition coefficient (Wildman–Crippen LogP) is 3.19. The van der Waals surface area contributed by atoms with Crippen molar-refractivity contribution >= 4 is 28.6 Å². The van der Waals surface area contributed by atoms with Gasteiger partial charge in [-0.1, -0.05) is 43.8 Å². The number of thioether (sulfide) groups is 1. The lowest BCUT2D eigenvalue weighted by molar-refractivity contribution is -0.120. The van der Waals surface area contributed by atoms with Crippen LogP contribution in [-0.2, 0) is 4.79 Å². The molecule has 1 heterocycles. The van der Waals surface area contributed by atoms with Crippen LogP contribution < -0.4 is 5.32 Å². The Bertz CT molecular complexity index is 642. The largest absolute Gasteiger partial charge is 0.355 e. The van der Waals surface area contributed by atoms with Crippen LogP contribution >= 0.6 is 11.8 Å². The summed E-state index contributed by atoms with van der Waals surface area (Å²) in [5.74, 6) is 1.23. The minimum Gasteiger partial charge on any atom is -0.355 e. The van der Waals surface area contributed by atoms with Gasteiger partial charge in [0.15, 0.2) is 0 Å². The highest BCUT2D eigenvalue weighted by Gasteiger charge is 2.17. The summed E-state index contributed by atoms with van der Waals surface area (Å²) in [6.45, 7) is 8.65. The maximum atomic E-state index is 12.1. The number of para-hydroxylation sites is 1. The zero-order chi connectivity index (χ0) is 15.4. The number of aromatic nitrogens is 2. The van der Waals surface area contributed by atoms with Gasteiger partial charge in [-0.25, -0.2) is 9.97 Å². The summed E-state index contributed by atoms with van der Waals surface area (Å²) in [4.78, 5) is 21.0. The van der Waals surface area contributed by atoms with Crippen molar-refractivity contribution in [3.8, 4) is 0 Å². The minimum atomic E-state index is -0.179. The van der Waals surface area contributed by atoms with Crippen molar-refractivity contribution in [3.63, 3.8) is 0 Å². The molecule has 0 fully saturated rings. The molecule has 1 amide bonds. The third-order valence-electron chi connectivity index (χ3n) is 3.02. The SMILES string of the molecule is Cc1nc(S[C@H](C)C(=O)NCC(C)C)c2ccccc2n1. The van der Waals surface area contributed by atoms with Gasteiger partial charge < -0.3 is 5.32 Å². The van der Waals surface area contributed by atoms with Crippen LogP contribution in [0.3, 0.4) is 0 Å². The van der Waals surface area contributed by atoms with E-state index in [4.69, 9.17) is 0 Å². The third-order valence-corrected chi connectivity index (χ3v) is 4.12. The molecule has 2 aromatic rings. The fourth-order valence-electron chi connectivity index (χ4n) is 1.92. The molecule has 1 aromatic heterocycles. The number of hydrogen-bond acceptors (Lipinski definition) is 4. The number of nitrogens with zero attached hydrogens (tertiary/aromatic N) is 2. The number of fused-ring (bicyclic) bond motifs is 1. The molecule has 0 aliphatic heterocycles. The summed E-state index contributed by atoms with van der Waals surface area (Å²) in [6, 6.07) is 7.89. The Kier molecular flexibility index (Phi) is 5.17. The average molecular weight is 303 g/mol. The molecule has 0 spiro atoms. The van der Waals surface area contributed by atoms with E-state index in [-0.39, 0.29) is 11.2 Å². The van der Waals surface area contributed by atoms with Crippen LogP contribution in [0.4, 0.5) is 0 Å². The van der Waals surface area contributed by atoms with Gasteiger partial charge in [-0.3, -0.25) is 4.79 Å². The zero-order valence-corrected chi connectivity index (χ0v) is 13.7.